The Morgan fingerprint density at radius 2 is 2.00 bits per heavy atom. The van der Waals surface area contributed by atoms with Gasteiger partial charge in [0.2, 0.25) is 0 Å². The van der Waals surface area contributed by atoms with Crippen molar-refractivity contribution in [1.29, 1.82) is 0 Å². The van der Waals surface area contributed by atoms with E-state index in [2.05, 4.69) is 0 Å². The van der Waals surface area contributed by atoms with Crippen molar-refractivity contribution in [3.05, 3.63) is 0 Å². The van der Waals surface area contributed by atoms with Gasteiger partial charge in [0.1, 0.15) is 0 Å². The molecule has 11 heavy (non-hydrogen) atoms. The number of rotatable bonds is 1. The predicted molar refractivity (Wildman–Crippen MR) is 31.0 cm³/mol. The summed E-state index contributed by atoms with van der Waals surface area (Å²) < 4.78 is 4.99. The van der Waals surface area contributed by atoms with Gasteiger partial charge in [-0.05, 0) is 18.8 Å². The van der Waals surface area contributed by atoms with Crippen molar-refractivity contribution in [3.8, 4) is 0 Å². The topological polar surface area (TPSA) is 49.4 Å². The predicted octanol–water partition coefficient (Wildman–Crippen LogP) is -3.83. The summed E-state index contributed by atoms with van der Waals surface area (Å²) in [4.78, 5) is 10.3. The Morgan fingerprint density at radius 3 is 2.27 bits per heavy atom. The third-order valence-corrected chi connectivity index (χ3v) is 2.51. The molecule has 2 aliphatic rings. The van der Waals surface area contributed by atoms with Crippen molar-refractivity contribution in [1.82, 2.24) is 0 Å². The summed E-state index contributed by atoms with van der Waals surface area (Å²) in [5, 5.41) is 10.3. The second-order valence-electron chi connectivity index (χ2n) is 3.42. The summed E-state index contributed by atoms with van der Waals surface area (Å²) in [6.45, 7) is 1.52. The summed E-state index contributed by atoms with van der Waals surface area (Å²) in [5.41, 5.74) is 0.255. The van der Waals surface area contributed by atoms with Gasteiger partial charge in [0.25, 0.3) is 0 Å². The van der Waals surface area contributed by atoms with Crippen molar-refractivity contribution in [2.45, 2.75) is 12.8 Å². The van der Waals surface area contributed by atoms with E-state index in [1.807, 2.05) is 0 Å². The third kappa shape index (κ3) is 1.33. The number of carbonyl (C=O) groups is 1. The molecule has 0 N–H and O–H groups in total. The molecule has 1 aliphatic heterocycles. The van der Waals surface area contributed by atoms with E-state index < -0.39 is 5.97 Å². The Bertz CT molecular complexity index is 169. The third-order valence-electron chi connectivity index (χ3n) is 2.51. The van der Waals surface area contributed by atoms with Crippen molar-refractivity contribution in [3.63, 3.8) is 0 Å². The quantitative estimate of drug-likeness (QED) is 0.358. The standard InChI is InChI=1S/C7H10O3.Li/c8-6(9)5-1-7(2-5)3-10-4-7;/h5H,1-4H2,(H,8,9);/q;+1/p-1. The van der Waals surface area contributed by atoms with Gasteiger partial charge in [-0.2, -0.15) is 0 Å². The van der Waals surface area contributed by atoms with Crippen LogP contribution in [0.15, 0.2) is 0 Å². The molecule has 0 aromatic rings. The Hall–Kier alpha value is 0.0274. The molecule has 0 atom stereocenters. The van der Waals surface area contributed by atoms with Gasteiger partial charge in [0.15, 0.2) is 0 Å². The Labute approximate surface area is 77.3 Å². The minimum absolute atomic E-state index is 0. The van der Waals surface area contributed by atoms with E-state index in [1.165, 1.54) is 0 Å². The molecule has 0 aromatic carbocycles. The normalized spacial score (nSPS) is 26.5. The van der Waals surface area contributed by atoms with E-state index in [1.54, 1.807) is 0 Å². The summed E-state index contributed by atoms with van der Waals surface area (Å²) in [7, 11) is 0. The molecular weight excluding hydrogens is 139 g/mol. The zero-order valence-electron chi connectivity index (χ0n) is 6.63. The molecule has 4 heteroatoms. The van der Waals surface area contributed by atoms with E-state index in [0.29, 0.717) is 0 Å². The monoisotopic (exact) mass is 148 g/mol. The molecule has 1 aliphatic carbocycles. The van der Waals surface area contributed by atoms with Crippen molar-refractivity contribution in [2.24, 2.45) is 11.3 Å². The summed E-state index contributed by atoms with van der Waals surface area (Å²) in [5.74, 6) is -1.08. The fourth-order valence-electron chi connectivity index (χ4n) is 1.78. The first-order valence-corrected chi connectivity index (χ1v) is 3.50. The number of carboxylic acid groups (broad SMARTS) is 1. The van der Waals surface area contributed by atoms with Crippen LogP contribution < -0.4 is 24.0 Å². The molecule has 1 heterocycles. The first-order valence-electron chi connectivity index (χ1n) is 3.50. The maximum Gasteiger partial charge on any atom is 1.00 e. The van der Waals surface area contributed by atoms with Crippen LogP contribution in [0, 0.1) is 11.3 Å². The van der Waals surface area contributed by atoms with Gasteiger partial charge in [-0.15, -0.1) is 0 Å². The largest absolute Gasteiger partial charge is 1.00 e. The van der Waals surface area contributed by atoms with Gasteiger partial charge < -0.3 is 14.6 Å². The second-order valence-corrected chi connectivity index (χ2v) is 3.42. The molecule has 1 saturated heterocycles. The number of hydrogen-bond donors (Lipinski definition) is 0. The molecule has 3 nitrogen and oxygen atoms in total. The number of hydrogen-bond acceptors (Lipinski definition) is 3. The van der Waals surface area contributed by atoms with Crippen molar-refractivity contribution in [2.75, 3.05) is 13.2 Å². The minimum Gasteiger partial charge on any atom is -0.550 e. The van der Waals surface area contributed by atoms with Crippen molar-refractivity contribution < 1.29 is 33.5 Å². The van der Waals surface area contributed by atoms with Crippen LogP contribution in [0.25, 0.3) is 0 Å². The van der Waals surface area contributed by atoms with Crippen molar-refractivity contribution >= 4 is 5.97 Å². The van der Waals surface area contributed by atoms with E-state index in [4.69, 9.17) is 4.74 Å². The van der Waals surface area contributed by atoms with Gasteiger partial charge in [0.05, 0.1) is 13.2 Å². The molecule has 2 fully saturated rings. The molecule has 0 amide bonds. The SMILES string of the molecule is O=C([O-])C1CC2(COC2)C1.[Li+]. The molecule has 0 aromatic heterocycles. The van der Waals surface area contributed by atoms with Crippen LogP contribution in [0.4, 0.5) is 0 Å². The maximum absolute atomic E-state index is 10.3. The second kappa shape index (κ2) is 2.82. The first-order chi connectivity index (χ1) is 4.72. The number of carbonyl (C=O) groups excluding carboxylic acids is 1. The van der Waals surface area contributed by atoms with Crippen LogP contribution in [0.1, 0.15) is 12.8 Å². The van der Waals surface area contributed by atoms with Crippen LogP contribution >= 0.6 is 0 Å². The average Bonchev–Trinajstić information content (AvgIpc) is 1.54. The zero-order valence-corrected chi connectivity index (χ0v) is 6.63. The van der Waals surface area contributed by atoms with E-state index in [9.17, 15) is 9.90 Å². The molecular formula is C7H9LiO3. The summed E-state index contributed by atoms with van der Waals surface area (Å²) >= 11 is 0. The van der Waals surface area contributed by atoms with Crippen LogP contribution in [0.3, 0.4) is 0 Å². The fourth-order valence-corrected chi connectivity index (χ4v) is 1.78. The molecule has 0 unspecified atom stereocenters. The average molecular weight is 148 g/mol. The molecule has 0 bridgehead atoms. The first kappa shape index (κ1) is 9.12. The zero-order chi connectivity index (χ0) is 7.19. The molecule has 1 saturated carbocycles. The van der Waals surface area contributed by atoms with E-state index in [0.717, 1.165) is 26.1 Å². The Kier molecular flexibility index (Phi) is 2.34. The van der Waals surface area contributed by atoms with Crippen LogP contribution in [0.2, 0.25) is 0 Å². The molecule has 56 valence electrons. The van der Waals surface area contributed by atoms with Crippen LogP contribution in [-0.2, 0) is 9.53 Å². The summed E-state index contributed by atoms with van der Waals surface area (Å²) in [6, 6.07) is 0. The van der Waals surface area contributed by atoms with Gasteiger partial charge in [-0.1, -0.05) is 0 Å². The van der Waals surface area contributed by atoms with Gasteiger partial charge >= 0.3 is 18.9 Å². The fraction of sp³-hybridized carbons (Fsp3) is 0.857. The van der Waals surface area contributed by atoms with E-state index >= 15 is 0 Å². The van der Waals surface area contributed by atoms with Gasteiger partial charge in [-0.3, -0.25) is 0 Å². The smallest absolute Gasteiger partial charge is 0.550 e. The molecule has 1 spiro atoms. The summed E-state index contributed by atoms with van der Waals surface area (Å²) in [6.07, 6.45) is 1.55. The van der Waals surface area contributed by atoms with Gasteiger partial charge in [-0.25, -0.2) is 0 Å². The van der Waals surface area contributed by atoms with Crippen LogP contribution in [0.5, 0.6) is 0 Å². The maximum atomic E-state index is 10.3. The molecule has 2 rings (SSSR count). The number of carboxylic acids is 1. The van der Waals surface area contributed by atoms with Crippen LogP contribution in [-0.4, -0.2) is 19.2 Å². The minimum atomic E-state index is -0.891. The number of ether oxygens (including phenoxy) is 1. The Morgan fingerprint density at radius 1 is 1.45 bits per heavy atom. The van der Waals surface area contributed by atoms with E-state index in [-0.39, 0.29) is 30.2 Å². The molecule has 0 radical (unpaired) electrons. The van der Waals surface area contributed by atoms with Gasteiger partial charge in [0, 0.05) is 11.4 Å². The Balaban J connectivity index is 0.000000605. The number of aliphatic carboxylic acids is 1.